The molecule has 0 saturated carbocycles. The molecular weight excluding hydrogens is 482 g/mol. The van der Waals surface area contributed by atoms with Gasteiger partial charge in [-0.05, 0) is 50.2 Å². The van der Waals surface area contributed by atoms with E-state index < -0.39 is 18.0 Å². The average Bonchev–Trinajstić information content (AvgIpc) is 3.47. The summed E-state index contributed by atoms with van der Waals surface area (Å²) in [6.07, 6.45) is -1.02. The standard InChI is InChI=1S/C26H21N3O4S2/c1-3-32-16-12-13-20-22(14-16)35-26(28-20)29-23(30)15(2)33-25(31)18-9-5-4-8-17(18)24-27-19-10-6-7-11-21(19)34-24/h4-15H,3H2,1-2H3,(H,28,29,30). The highest BCUT2D eigenvalue weighted by Gasteiger charge is 2.23. The largest absolute Gasteiger partial charge is 0.494 e. The minimum Gasteiger partial charge on any atom is -0.494 e. The van der Waals surface area contributed by atoms with Crippen LogP contribution in [0.1, 0.15) is 24.2 Å². The second-order valence-electron chi connectivity index (χ2n) is 7.65. The fourth-order valence-corrected chi connectivity index (χ4v) is 5.44. The average molecular weight is 504 g/mol. The van der Waals surface area contributed by atoms with Gasteiger partial charge in [-0.3, -0.25) is 10.1 Å². The molecule has 35 heavy (non-hydrogen) atoms. The number of aromatic nitrogens is 2. The van der Waals surface area contributed by atoms with Gasteiger partial charge in [-0.25, -0.2) is 14.8 Å². The molecule has 0 aliphatic heterocycles. The molecule has 0 fully saturated rings. The number of ether oxygens (including phenoxy) is 2. The van der Waals surface area contributed by atoms with E-state index in [9.17, 15) is 9.59 Å². The Bertz CT molecular complexity index is 1510. The normalized spacial score (nSPS) is 11.9. The minimum absolute atomic E-state index is 0.356. The van der Waals surface area contributed by atoms with E-state index in [1.807, 2.05) is 61.5 Å². The maximum absolute atomic E-state index is 13.0. The zero-order chi connectivity index (χ0) is 24.4. The lowest BCUT2D eigenvalue weighted by atomic mass is 10.1. The quantitative estimate of drug-likeness (QED) is 0.268. The number of nitrogens with one attached hydrogen (secondary N) is 1. The highest BCUT2D eigenvalue weighted by Crippen LogP contribution is 2.33. The van der Waals surface area contributed by atoms with Crippen LogP contribution in [0.25, 0.3) is 31.0 Å². The van der Waals surface area contributed by atoms with Gasteiger partial charge in [0.25, 0.3) is 5.91 Å². The number of amides is 1. The maximum Gasteiger partial charge on any atom is 0.339 e. The number of esters is 1. The first kappa shape index (κ1) is 22.9. The summed E-state index contributed by atoms with van der Waals surface area (Å²) in [7, 11) is 0. The van der Waals surface area contributed by atoms with Crippen molar-refractivity contribution in [3.63, 3.8) is 0 Å². The lowest BCUT2D eigenvalue weighted by Gasteiger charge is -2.13. The van der Waals surface area contributed by atoms with Crippen LogP contribution >= 0.6 is 22.7 Å². The Morgan fingerprint density at radius 1 is 0.943 bits per heavy atom. The van der Waals surface area contributed by atoms with Gasteiger partial charge in [-0.1, -0.05) is 41.7 Å². The van der Waals surface area contributed by atoms with Crippen LogP contribution in [0.15, 0.2) is 66.7 Å². The highest BCUT2D eigenvalue weighted by molar-refractivity contribution is 7.22. The van der Waals surface area contributed by atoms with Crippen molar-refractivity contribution in [1.29, 1.82) is 0 Å². The molecule has 1 amide bonds. The first-order chi connectivity index (χ1) is 17.0. The number of rotatable bonds is 7. The van der Waals surface area contributed by atoms with Gasteiger partial charge in [0.05, 0.1) is 32.6 Å². The van der Waals surface area contributed by atoms with E-state index in [0.29, 0.717) is 22.9 Å². The van der Waals surface area contributed by atoms with E-state index in [2.05, 4.69) is 15.3 Å². The Kier molecular flexibility index (Phi) is 6.43. The van der Waals surface area contributed by atoms with Crippen LogP contribution in [0.2, 0.25) is 0 Å². The molecule has 7 nitrogen and oxygen atoms in total. The van der Waals surface area contributed by atoms with Crippen molar-refractivity contribution in [2.75, 3.05) is 11.9 Å². The summed E-state index contributed by atoms with van der Waals surface area (Å²) in [4.78, 5) is 34.8. The van der Waals surface area contributed by atoms with Crippen LogP contribution in [-0.4, -0.2) is 34.6 Å². The van der Waals surface area contributed by atoms with Crippen LogP contribution in [0, 0.1) is 0 Å². The molecule has 0 radical (unpaired) electrons. The zero-order valence-corrected chi connectivity index (χ0v) is 20.6. The van der Waals surface area contributed by atoms with Crippen molar-refractivity contribution < 1.29 is 19.1 Å². The Morgan fingerprint density at radius 3 is 2.54 bits per heavy atom. The molecule has 0 spiro atoms. The minimum atomic E-state index is -1.02. The second-order valence-corrected chi connectivity index (χ2v) is 9.71. The molecule has 2 aromatic heterocycles. The molecule has 2 heterocycles. The molecule has 0 aliphatic rings. The Morgan fingerprint density at radius 2 is 1.71 bits per heavy atom. The second kappa shape index (κ2) is 9.81. The van der Waals surface area contributed by atoms with Crippen LogP contribution in [0.3, 0.4) is 0 Å². The fraction of sp³-hybridized carbons (Fsp3) is 0.154. The Labute approximate surface area is 209 Å². The van der Waals surface area contributed by atoms with Crippen molar-refractivity contribution in [2.24, 2.45) is 0 Å². The van der Waals surface area contributed by atoms with Gasteiger partial charge < -0.3 is 9.47 Å². The van der Waals surface area contributed by atoms with Crippen molar-refractivity contribution in [1.82, 2.24) is 9.97 Å². The molecule has 0 bridgehead atoms. The summed E-state index contributed by atoms with van der Waals surface area (Å²) < 4.78 is 13.0. The number of para-hydroxylation sites is 1. The maximum atomic E-state index is 13.0. The number of benzene rings is 3. The van der Waals surface area contributed by atoms with E-state index in [0.717, 1.165) is 31.2 Å². The summed E-state index contributed by atoms with van der Waals surface area (Å²) in [6, 6.07) is 20.5. The highest BCUT2D eigenvalue weighted by atomic mass is 32.1. The predicted octanol–water partition coefficient (Wildman–Crippen LogP) is 6.16. The SMILES string of the molecule is CCOc1ccc2nc(NC(=O)C(C)OC(=O)c3ccccc3-c3nc4ccccc4s3)sc2c1. The van der Waals surface area contributed by atoms with E-state index in [1.165, 1.54) is 29.6 Å². The van der Waals surface area contributed by atoms with Crippen LogP contribution in [0.4, 0.5) is 5.13 Å². The van der Waals surface area contributed by atoms with E-state index >= 15 is 0 Å². The zero-order valence-electron chi connectivity index (χ0n) is 19.0. The Balaban J connectivity index is 1.30. The molecule has 3 aromatic carbocycles. The molecule has 0 aliphatic carbocycles. The third-order valence-corrected chi connectivity index (χ3v) is 7.23. The first-order valence-corrected chi connectivity index (χ1v) is 12.7. The van der Waals surface area contributed by atoms with Gasteiger partial charge in [0.15, 0.2) is 11.2 Å². The van der Waals surface area contributed by atoms with Crippen LogP contribution < -0.4 is 10.1 Å². The number of anilines is 1. The Hall–Kier alpha value is -3.82. The van der Waals surface area contributed by atoms with Gasteiger partial charge in [0.1, 0.15) is 10.8 Å². The molecule has 0 saturated heterocycles. The summed E-state index contributed by atoms with van der Waals surface area (Å²) in [5.74, 6) is -0.302. The third-order valence-electron chi connectivity index (χ3n) is 5.23. The van der Waals surface area contributed by atoms with Gasteiger partial charge in [-0.2, -0.15) is 0 Å². The van der Waals surface area contributed by atoms with Crippen molar-refractivity contribution in [3.05, 3.63) is 72.3 Å². The number of carbonyl (C=O) groups is 2. The van der Waals surface area contributed by atoms with Crippen LogP contribution in [-0.2, 0) is 9.53 Å². The lowest BCUT2D eigenvalue weighted by molar-refractivity contribution is -0.123. The molecular formula is C26H21N3O4S2. The summed E-state index contributed by atoms with van der Waals surface area (Å²) in [6.45, 7) is 4.02. The number of thiazole rings is 2. The molecule has 5 aromatic rings. The lowest BCUT2D eigenvalue weighted by Crippen LogP contribution is -2.30. The van der Waals surface area contributed by atoms with E-state index in [-0.39, 0.29) is 0 Å². The summed E-state index contributed by atoms with van der Waals surface area (Å²) in [5, 5.41) is 3.89. The monoisotopic (exact) mass is 503 g/mol. The van der Waals surface area contributed by atoms with Crippen LogP contribution in [0.5, 0.6) is 5.75 Å². The van der Waals surface area contributed by atoms with Gasteiger partial charge in [0.2, 0.25) is 0 Å². The number of hydrogen-bond donors (Lipinski definition) is 1. The number of fused-ring (bicyclic) bond motifs is 2. The topological polar surface area (TPSA) is 90.4 Å². The predicted molar refractivity (Wildman–Crippen MR) is 139 cm³/mol. The van der Waals surface area contributed by atoms with Crippen molar-refractivity contribution in [2.45, 2.75) is 20.0 Å². The number of nitrogens with zero attached hydrogens (tertiary/aromatic N) is 2. The molecule has 5 rings (SSSR count). The first-order valence-electron chi connectivity index (χ1n) is 11.0. The van der Waals surface area contributed by atoms with E-state index in [1.54, 1.807) is 12.1 Å². The molecule has 9 heteroatoms. The molecule has 1 N–H and O–H groups in total. The molecule has 1 atom stereocenters. The van der Waals surface area contributed by atoms with Gasteiger partial charge >= 0.3 is 5.97 Å². The number of carbonyl (C=O) groups excluding carboxylic acids is 2. The smallest absolute Gasteiger partial charge is 0.339 e. The fourth-order valence-electron chi connectivity index (χ4n) is 3.53. The van der Waals surface area contributed by atoms with E-state index in [4.69, 9.17) is 9.47 Å². The number of hydrogen-bond acceptors (Lipinski definition) is 8. The summed E-state index contributed by atoms with van der Waals surface area (Å²) in [5.41, 5.74) is 2.65. The summed E-state index contributed by atoms with van der Waals surface area (Å²) >= 11 is 2.83. The van der Waals surface area contributed by atoms with Crippen molar-refractivity contribution in [3.8, 4) is 16.3 Å². The molecule has 176 valence electrons. The molecule has 1 unspecified atom stereocenters. The van der Waals surface area contributed by atoms with Gasteiger partial charge in [0, 0.05) is 5.56 Å². The van der Waals surface area contributed by atoms with Gasteiger partial charge in [-0.15, -0.1) is 11.3 Å². The van der Waals surface area contributed by atoms with Crippen molar-refractivity contribution >= 4 is 60.1 Å². The third kappa shape index (κ3) is 4.87.